The molecule has 0 fully saturated rings. The van der Waals surface area contributed by atoms with Gasteiger partial charge in [0.1, 0.15) is 11.2 Å². The Bertz CT molecular complexity index is 3160. The largest absolute Gasteiger partial charge is 0.455 e. The third-order valence-electron chi connectivity index (χ3n) is 9.88. The fourth-order valence-corrected chi connectivity index (χ4v) is 8.69. The molecule has 0 bridgehead atoms. The Kier molecular flexibility index (Phi) is 5.80. The zero-order chi connectivity index (χ0) is 32.8. The zero-order valence-electron chi connectivity index (χ0n) is 26.6. The summed E-state index contributed by atoms with van der Waals surface area (Å²) < 4.78 is 9.46. The van der Waals surface area contributed by atoms with Gasteiger partial charge in [0.25, 0.3) is 0 Å². The molecule has 8 aromatic carbocycles. The van der Waals surface area contributed by atoms with Gasteiger partial charge in [-0.25, -0.2) is 15.0 Å². The summed E-state index contributed by atoms with van der Waals surface area (Å²) >= 11 is 1.80. The molecule has 0 aliphatic carbocycles. The summed E-state index contributed by atoms with van der Waals surface area (Å²) in [7, 11) is 0. The van der Waals surface area contributed by atoms with Crippen LogP contribution < -0.4 is 0 Å². The molecule has 5 heteroatoms. The van der Waals surface area contributed by atoms with Crippen LogP contribution in [0.4, 0.5) is 0 Å². The van der Waals surface area contributed by atoms with Crippen molar-refractivity contribution in [1.82, 2.24) is 15.0 Å². The number of rotatable bonds is 3. The second-order valence-electron chi connectivity index (χ2n) is 12.8. The second kappa shape index (κ2) is 10.5. The highest BCUT2D eigenvalue weighted by Gasteiger charge is 2.22. The summed E-state index contributed by atoms with van der Waals surface area (Å²) in [6.45, 7) is 0. The second-order valence-corrected chi connectivity index (χ2v) is 13.8. The molecule has 11 aromatic rings. The molecular formula is C45H25N3OS. The third-order valence-corrected chi connectivity index (χ3v) is 11.0. The molecule has 0 saturated carbocycles. The lowest BCUT2D eigenvalue weighted by molar-refractivity contribution is 0.677. The van der Waals surface area contributed by atoms with Gasteiger partial charge in [-0.15, -0.1) is 11.3 Å². The van der Waals surface area contributed by atoms with Crippen molar-refractivity contribution in [3.05, 3.63) is 152 Å². The number of benzene rings is 8. The molecule has 0 aliphatic rings. The van der Waals surface area contributed by atoms with Crippen LogP contribution in [-0.2, 0) is 0 Å². The van der Waals surface area contributed by atoms with Crippen LogP contribution in [0.1, 0.15) is 0 Å². The Morgan fingerprint density at radius 3 is 1.86 bits per heavy atom. The number of hydrogen-bond acceptors (Lipinski definition) is 5. The van der Waals surface area contributed by atoms with E-state index >= 15 is 0 Å². The number of aromatic nitrogens is 3. The van der Waals surface area contributed by atoms with E-state index in [2.05, 4.69) is 133 Å². The van der Waals surface area contributed by atoms with Gasteiger partial charge in [0.15, 0.2) is 17.5 Å². The number of nitrogens with zero attached hydrogens (tertiary/aromatic N) is 3. The maximum Gasteiger partial charge on any atom is 0.164 e. The molecule has 3 heterocycles. The highest BCUT2D eigenvalue weighted by atomic mass is 32.1. The number of furan rings is 1. The molecule has 232 valence electrons. The van der Waals surface area contributed by atoms with Gasteiger partial charge in [0.2, 0.25) is 0 Å². The Balaban J connectivity index is 1.25. The highest BCUT2D eigenvalue weighted by molar-refractivity contribution is 7.25. The van der Waals surface area contributed by atoms with Gasteiger partial charge in [-0.05, 0) is 45.8 Å². The lowest BCUT2D eigenvalue weighted by Gasteiger charge is -2.12. The predicted molar refractivity (Wildman–Crippen MR) is 209 cm³/mol. The molecule has 0 unspecified atom stereocenters. The van der Waals surface area contributed by atoms with Crippen LogP contribution >= 0.6 is 11.3 Å². The van der Waals surface area contributed by atoms with E-state index in [4.69, 9.17) is 19.4 Å². The van der Waals surface area contributed by atoms with E-state index in [9.17, 15) is 0 Å². The van der Waals surface area contributed by atoms with Crippen molar-refractivity contribution < 1.29 is 4.42 Å². The van der Waals surface area contributed by atoms with Crippen molar-refractivity contribution in [3.8, 4) is 34.2 Å². The van der Waals surface area contributed by atoms with Crippen LogP contribution in [-0.4, -0.2) is 15.0 Å². The average Bonchev–Trinajstić information content (AvgIpc) is 3.76. The highest BCUT2D eigenvalue weighted by Crippen LogP contribution is 2.45. The van der Waals surface area contributed by atoms with E-state index in [1.165, 1.54) is 25.6 Å². The van der Waals surface area contributed by atoms with Gasteiger partial charge < -0.3 is 4.42 Å². The van der Waals surface area contributed by atoms with Crippen molar-refractivity contribution in [2.24, 2.45) is 0 Å². The molecule has 50 heavy (non-hydrogen) atoms. The monoisotopic (exact) mass is 655 g/mol. The van der Waals surface area contributed by atoms with Gasteiger partial charge in [-0.2, -0.15) is 0 Å². The normalized spacial score (nSPS) is 12.0. The molecule has 11 rings (SSSR count). The molecular weight excluding hydrogens is 631 g/mol. The number of thiophene rings is 1. The van der Waals surface area contributed by atoms with Crippen LogP contribution in [0.3, 0.4) is 0 Å². The van der Waals surface area contributed by atoms with Crippen molar-refractivity contribution in [1.29, 1.82) is 0 Å². The first kappa shape index (κ1) is 27.5. The Labute approximate surface area is 289 Å². The van der Waals surface area contributed by atoms with Crippen molar-refractivity contribution >= 4 is 85.8 Å². The van der Waals surface area contributed by atoms with E-state index in [0.29, 0.717) is 17.5 Å². The molecule has 0 amide bonds. The van der Waals surface area contributed by atoms with Gasteiger partial charge >= 0.3 is 0 Å². The van der Waals surface area contributed by atoms with E-state index in [0.717, 1.165) is 65.6 Å². The molecule has 0 atom stereocenters. The summed E-state index contributed by atoms with van der Waals surface area (Å²) in [6.07, 6.45) is 0. The zero-order valence-corrected chi connectivity index (χ0v) is 27.4. The van der Waals surface area contributed by atoms with E-state index in [-0.39, 0.29) is 0 Å². The minimum Gasteiger partial charge on any atom is -0.455 e. The van der Waals surface area contributed by atoms with Crippen molar-refractivity contribution in [3.63, 3.8) is 0 Å². The minimum absolute atomic E-state index is 0.612. The fraction of sp³-hybridized carbons (Fsp3) is 0. The van der Waals surface area contributed by atoms with Crippen molar-refractivity contribution in [2.45, 2.75) is 0 Å². The van der Waals surface area contributed by atoms with Crippen LogP contribution in [0.25, 0.3) is 109 Å². The SMILES string of the molecule is c1ccc(-c2nc(-c3ccc4c(c3)sc3ccccc34)nc(-c3cc4ccc5ccccc5c4c4oc5c6ccccc6ccc5c34)n2)cc1. The molecule has 0 N–H and O–H groups in total. The van der Waals surface area contributed by atoms with Gasteiger partial charge in [0, 0.05) is 58.4 Å². The summed E-state index contributed by atoms with van der Waals surface area (Å²) in [5, 5.41) is 11.3. The first-order chi connectivity index (χ1) is 24.8. The molecule has 3 aromatic heterocycles. The standard InChI is InChI=1S/C45H25N3OS/c1-2-12-28(13-3-1)43-46-44(30-21-22-34-33-16-8-9-17-37(33)50-38(34)25-30)48-45(47-43)36-24-29-19-18-26-10-4-6-14-31(26)39(29)42-40(36)35-23-20-27-11-5-7-15-32(27)41(35)49-42/h1-25H. The van der Waals surface area contributed by atoms with E-state index in [1.54, 1.807) is 11.3 Å². The van der Waals surface area contributed by atoms with Gasteiger partial charge in [-0.1, -0.05) is 127 Å². The lowest BCUT2D eigenvalue weighted by atomic mass is 9.95. The summed E-state index contributed by atoms with van der Waals surface area (Å²) in [4.78, 5) is 15.6. The van der Waals surface area contributed by atoms with Gasteiger partial charge in [0.05, 0.1) is 0 Å². The van der Waals surface area contributed by atoms with E-state index < -0.39 is 0 Å². The maximum absolute atomic E-state index is 6.99. The topological polar surface area (TPSA) is 51.8 Å². The average molecular weight is 656 g/mol. The fourth-order valence-electron chi connectivity index (χ4n) is 7.54. The Morgan fingerprint density at radius 2 is 1.00 bits per heavy atom. The van der Waals surface area contributed by atoms with Crippen LogP contribution in [0.15, 0.2) is 156 Å². The van der Waals surface area contributed by atoms with Crippen LogP contribution in [0.5, 0.6) is 0 Å². The molecule has 0 radical (unpaired) electrons. The third kappa shape index (κ3) is 4.08. The molecule has 0 saturated heterocycles. The molecule has 4 nitrogen and oxygen atoms in total. The number of fused-ring (bicyclic) bond motifs is 12. The van der Waals surface area contributed by atoms with Gasteiger partial charge in [-0.3, -0.25) is 0 Å². The summed E-state index contributed by atoms with van der Waals surface area (Å²) in [5.41, 5.74) is 4.52. The maximum atomic E-state index is 6.99. The smallest absolute Gasteiger partial charge is 0.164 e. The first-order valence-electron chi connectivity index (χ1n) is 16.7. The molecule has 0 aliphatic heterocycles. The summed E-state index contributed by atoms with van der Waals surface area (Å²) in [6, 6.07) is 53.2. The first-order valence-corrected chi connectivity index (χ1v) is 17.5. The van der Waals surface area contributed by atoms with Crippen LogP contribution in [0, 0.1) is 0 Å². The van der Waals surface area contributed by atoms with Crippen molar-refractivity contribution in [2.75, 3.05) is 0 Å². The summed E-state index contributed by atoms with van der Waals surface area (Å²) in [5.74, 6) is 1.88. The minimum atomic E-state index is 0.612. The predicted octanol–water partition coefficient (Wildman–Crippen LogP) is 12.6. The lowest BCUT2D eigenvalue weighted by Crippen LogP contribution is -2.00. The Morgan fingerprint density at radius 1 is 0.380 bits per heavy atom. The van der Waals surface area contributed by atoms with E-state index in [1.807, 2.05) is 18.2 Å². The number of hydrogen-bond donors (Lipinski definition) is 0. The Hall–Kier alpha value is -6.43. The van der Waals surface area contributed by atoms with Crippen LogP contribution in [0.2, 0.25) is 0 Å². The quantitative estimate of drug-likeness (QED) is 0.178. The molecule has 0 spiro atoms.